The Hall–Kier alpha value is -1.19. The first kappa shape index (κ1) is 25.8. The number of Topliss-reactive ketones (excluding diaryl/α,β-unsaturated/α-hetero) is 3. The molecule has 0 aliphatic carbocycles. The molecule has 1 fully saturated rings. The zero-order chi connectivity index (χ0) is 22.0. The average molecular weight is 417 g/mol. The van der Waals surface area contributed by atoms with Gasteiger partial charge in [0.15, 0.2) is 17.9 Å². The summed E-state index contributed by atoms with van der Waals surface area (Å²) < 4.78 is 11.1. The predicted octanol–water partition coefficient (Wildman–Crippen LogP) is 1.17. The number of ketones is 3. The molecule has 8 nitrogen and oxygen atoms in total. The van der Waals surface area contributed by atoms with Crippen molar-refractivity contribution in [1.29, 1.82) is 0 Å². The van der Waals surface area contributed by atoms with Crippen LogP contribution in [0.1, 0.15) is 65.7 Å². The molecule has 0 aromatic rings. The van der Waals surface area contributed by atoms with E-state index < -0.39 is 48.7 Å². The minimum atomic E-state index is -1.15. The number of hydrogen-bond acceptors (Lipinski definition) is 8. The highest BCUT2D eigenvalue weighted by Crippen LogP contribution is 2.26. The Balaban J connectivity index is 2.16. The summed E-state index contributed by atoms with van der Waals surface area (Å²) in [5, 5.41) is 29.0. The van der Waals surface area contributed by atoms with Crippen molar-refractivity contribution in [3.8, 4) is 0 Å². The first-order chi connectivity index (χ1) is 13.7. The summed E-state index contributed by atoms with van der Waals surface area (Å²) in [6.07, 6.45) is -0.814. The number of rotatable bonds is 14. The van der Waals surface area contributed by atoms with Crippen LogP contribution in [0.3, 0.4) is 0 Å². The molecule has 5 unspecified atom stereocenters. The molecule has 0 bridgehead atoms. The second-order valence-corrected chi connectivity index (χ2v) is 8.07. The summed E-state index contributed by atoms with van der Waals surface area (Å²) in [6.45, 7) is 5.26. The van der Waals surface area contributed by atoms with Gasteiger partial charge >= 0.3 is 0 Å². The van der Waals surface area contributed by atoms with Crippen molar-refractivity contribution in [2.24, 2.45) is 11.8 Å². The molecule has 1 aliphatic rings. The number of ether oxygens (including phenoxy) is 2. The van der Waals surface area contributed by atoms with E-state index in [1.165, 1.54) is 0 Å². The van der Waals surface area contributed by atoms with Crippen LogP contribution in [-0.2, 0) is 23.9 Å². The maximum Gasteiger partial charge on any atom is 0.198 e. The Morgan fingerprint density at radius 2 is 1.55 bits per heavy atom. The number of hydrogen-bond donors (Lipinski definition) is 3. The minimum Gasteiger partial charge on any atom is -0.394 e. The predicted molar refractivity (Wildman–Crippen MR) is 105 cm³/mol. The lowest BCUT2D eigenvalue weighted by molar-refractivity contribution is -0.282. The summed E-state index contributed by atoms with van der Waals surface area (Å²) in [4.78, 5) is 35.2. The number of carbonyl (C=O) groups is 3. The first-order valence-corrected chi connectivity index (χ1v) is 10.5. The van der Waals surface area contributed by atoms with Gasteiger partial charge in [-0.15, -0.1) is 0 Å². The Bertz CT molecular complexity index is 531. The van der Waals surface area contributed by atoms with Gasteiger partial charge in [0, 0.05) is 37.7 Å². The zero-order valence-corrected chi connectivity index (χ0v) is 17.7. The second kappa shape index (κ2) is 13.2. The molecule has 5 atom stereocenters. The van der Waals surface area contributed by atoms with Gasteiger partial charge in [0.2, 0.25) is 0 Å². The first-order valence-electron chi connectivity index (χ1n) is 10.5. The number of unbranched alkanes of at least 4 members (excludes halogenated alkanes) is 2. The summed E-state index contributed by atoms with van der Waals surface area (Å²) in [5.74, 6) is -1.18. The zero-order valence-electron chi connectivity index (χ0n) is 17.7. The van der Waals surface area contributed by atoms with Gasteiger partial charge < -0.3 is 24.8 Å². The quantitative estimate of drug-likeness (QED) is 0.284. The van der Waals surface area contributed by atoms with E-state index in [1.54, 1.807) is 6.92 Å². The molecule has 8 heteroatoms. The fourth-order valence-corrected chi connectivity index (χ4v) is 3.17. The highest BCUT2D eigenvalue weighted by Gasteiger charge is 2.42. The summed E-state index contributed by atoms with van der Waals surface area (Å²) in [5.41, 5.74) is 0. The van der Waals surface area contributed by atoms with Crippen molar-refractivity contribution < 1.29 is 39.2 Å². The van der Waals surface area contributed by atoms with E-state index in [2.05, 4.69) is 0 Å². The molecule has 0 aromatic heterocycles. The molecule has 0 spiro atoms. The molecule has 1 saturated heterocycles. The van der Waals surface area contributed by atoms with Gasteiger partial charge in [-0.2, -0.15) is 0 Å². The third-order valence-corrected chi connectivity index (χ3v) is 5.30. The monoisotopic (exact) mass is 416 g/mol. The van der Waals surface area contributed by atoms with E-state index in [-0.39, 0.29) is 24.5 Å². The summed E-state index contributed by atoms with van der Waals surface area (Å²) >= 11 is 0. The second-order valence-electron chi connectivity index (χ2n) is 8.07. The van der Waals surface area contributed by atoms with Gasteiger partial charge in [0.1, 0.15) is 18.0 Å². The number of aliphatic hydroxyl groups excluding tert-OH is 3. The lowest BCUT2D eigenvalue weighted by atomic mass is 9.92. The SMILES string of the molecule is CC(C)C(=O)CCCC(=O)C(=O)CCCCCOC1OC(CO)C(O)C(O)C1C. The van der Waals surface area contributed by atoms with E-state index >= 15 is 0 Å². The van der Waals surface area contributed by atoms with Crippen molar-refractivity contribution >= 4 is 17.3 Å². The largest absolute Gasteiger partial charge is 0.394 e. The Kier molecular flexibility index (Phi) is 11.7. The number of aliphatic hydroxyl groups is 3. The van der Waals surface area contributed by atoms with Crippen LogP contribution >= 0.6 is 0 Å². The topological polar surface area (TPSA) is 130 Å². The summed E-state index contributed by atoms with van der Waals surface area (Å²) in [7, 11) is 0. The normalized spacial score (nSPS) is 27.2. The van der Waals surface area contributed by atoms with E-state index in [4.69, 9.17) is 9.47 Å². The highest BCUT2D eigenvalue weighted by molar-refractivity contribution is 6.37. The minimum absolute atomic E-state index is 0.0483. The molecule has 168 valence electrons. The van der Waals surface area contributed by atoms with Crippen LogP contribution in [0.25, 0.3) is 0 Å². The third-order valence-electron chi connectivity index (χ3n) is 5.30. The fourth-order valence-electron chi connectivity index (χ4n) is 3.17. The number of carbonyl (C=O) groups excluding carboxylic acids is 3. The van der Waals surface area contributed by atoms with E-state index in [0.29, 0.717) is 38.7 Å². The van der Waals surface area contributed by atoms with Gasteiger partial charge in [-0.05, 0) is 19.3 Å². The lowest BCUT2D eigenvalue weighted by Gasteiger charge is -2.40. The van der Waals surface area contributed by atoms with Crippen molar-refractivity contribution in [2.75, 3.05) is 13.2 Å². The maximum atomic E-state index is 11.9. The van der Waals surface area contributed by atoms with Crippen LogP contribution in [0.15, 0.2) is 0 Å². The van der Waals surface area contributed by atoms with Gasteiger partial charge in [-0.1, -0.05) is 27.2 Å². The van der Waals surface area contributed by atoms with Crippen LogP contribution in [0.4, 0.5) is 0 Å². The molecule has 29 heavy (non-hydrogen) atoms. The van der Waals surface area contributed by atoms with Crippen LogP contribution in [-0.4, -0.2) is 70.5 Å². The maximum absolute atomic E-state index is 11.9. The van der Waals surface area contributed by atoms with Crippen molar-refractivity contribution in [2.45, 2.75) is 90.3 Å². The lowest BCUT2D eigenvalue weighted by Crippen LogP contribution is -2.55. The molecular weight excluding hydrogens is 380 g/mol. The van der Waals surface area contributed by atoms with Crippen molar-refractivity contribution in [3.05, 3.63) is 0 Å². The molecule has 3 N–H and O–H groups in total. The van der Waals surface area contributed by atoms with Crippen LogP contribution in [0.5, 0.6) is 0 Å². The average Bonchev–Trinajstić information content (AvgIpc) is 2.69. The molecule has 0 aromatic carbocycles. The van der Waals surface area contributed by atoms with Gasteiger partial charge in [-0.3, -0.25) is 14.4 Å². The molecule has 1 heterocycles. The van der Waals surface area contributed by atoms with Crippen LogP contribution in [0.2, 0.25) is 0 Å². The van der Waals surface area contributed by atoms with Crippen molar-refractivity contribution in [1.82, 2.24) is 0 Å². The Morgan fingerprint density at radius 3 is 2.14 bits per heavy atom. The molecule has 0 saturated carbocycles. The van der Waals surface area contributed by atoms with E-state index in [1.807, 2.05) is 13.8 Å². The van der Waals surface area contributed by atoms with Crippen LogP contribution in [0, 0.1) is 11.8 Å². The highest BCUT2D eigenvalue weighted by atomic mass is 16.7. The van der Waals surface area contributed by atoms with E-state index in [9.17, 15) is 29.7 Å². The third kappa shape index (κ3) is 8.60. The smallest absolute Gasteiger partial charge is 0.198 e. The Morgan fingerprint density at radius 1 is 0.931 bits per heavy atom. The standard InChI is InChI=1S/C21H36O8/c1-13(2)15(23)9-7-10-17(25)16(24)8-5-4-6-11-28-21-14(3)19(26)20(27)18(12-22)29-21/h13-14,18-22,26-27H,4-12H2,1-3H3. The van der Waals surface area contributed by atoms with Gasteiger partial charge in [-0.25, -0.2) is 0 Å². The van der Waals surface area contributed by atoms with Gasteiger partial charge in [0.05, 0.1) is 12.7 Å². The molecule has 0 amide bonds. The van der Waals surface area contributed by atoms with Crippen LogP contribution < -0.4 is 0 Å². The molecular formula is C21H36O8. The fraction of sp³-hybridized carbons (Fsp3) is 0.857. The van der Waals surface area contributed by atoms with Gasteiger partial charge in [0.25, 0.3) is 0 Å². The van der Waals surface area contributed by atoms with E-state index in [0.717, 1.165) is 0 Å². The molecule has 1 aliphatic heterocycles. The Labute approximate surface area is 172 Å². The molecule has 1 rings (SSSR count). The van der Waals surface area contributed by atoms with Crippen molar-refractivity contribution in [3.63, 3.8) is 0 Å². The summed E-state index contributed by atoms with van der Waals surface area (Å²) in [6, 6.07) is 0. The molecule has 0 radical (unpaired) electrons.